The number of anilines is 1. The lowest BCUT2D eigenvalue weighted by Crippen LogP contribution is -2.26. The van der Waals surface area contributed by atoms with Gasteiger partial charge in [-0.3, -0.25) is 9.78 Å². The predicted molar refractivity (Wildman–Crippen MR) is 85.8 cm³/mol. The van der Waals surface area contributed by atoms with E-state index >= 15 is 0 Å². The number of rotatable bonds is 4. The largest absolute Gasteiger partial charge is 0.387 e. The number of pyridine rings is 1. The Morgan fingerprint density at radius 2 is 2.09 bits per heavy atom. The smallest absolute Gasteiger partial charge is 0.255 e. The summed E-state index contributed by atoms with van der Waals surface area (Å²) in [5, 5.41) is 6.81. The lowest BCUT2D eigenvalue weighted by atomic mass is 9.98. The second-order valence-electron chi connectivity index (χ2n) is 6.09. The molecule has 4 nitrogen and oxygen atoms in total. The Morgan fingerprint density at radius 1 is 1.36 bits per heavy atom. The third-order valence-corrected chi connectivity index (χ3v) is 4.02. The predicted octanol–water partition coefficient (Wildman–Crippen LogP) is 3.43. The van der Waals surface area contributed by atoms with Crippen LogP contribution in [0.15, 0.2) is 18.3 Å². The van der Waals surface area contributed by atoms with Crippen molar-refractivity contribution in [1.29, 1.82) is 0 Å². The molecule has 22 heavy (non-hydrogen) atoms. The minimum Gasteiger partial charge on any atom is -0.387 e. The Balaban J connectivity index is 2.14. The molecule has 0 saturated heterocycles. The first kappa shape index (κ1) is 14.8. The second-order valence-corrected chi connectivity index (χ2v) is 6.09. The van der Waals surface area contributed by atoms with Crippen LogP contribution in [-0.2, 0) is 0 Å². The first-order chi connectivity index (χ1) is 10.5. The Labute approximate surface area is 129 Å². The fourth-order valence-corrected chi connectivity index (χ4v) is 2.61. The SMILES string of the molecule is CNc1c(C(=O)NC2CC2)cnc2cc(F)c(C(C)C)cc12. The number of halogens is 1. The lowest BCUT2D eigenvalue weighted by molar-refractivity contribution is 0.0951. The molecule has 1 aromatic heterocycles. The van der Waals surface area contributed by atoms with Crippen LogP contribution in [0, 0.1) is 5.82 Å². The maximum absolute atomic E-state index is 14.1. The van der Waals surface area contributed by atoms with Gasteiger partial charge in [0.1, 0.15) is 5.82 Å². The molecule has 1 aliphatic rings. The highest BCUT2D eigenvalue weighted by atomic mass is 19.1. The molecule has 0 unspecified atom stereocenters. The van der Waals surface area contributed by atoms with Gasteiger partial charge in [0.15, 0.2) is 0 Å². The summed E-state index contributed by atoms with van der Waals surface area (Å²) in [5.41, 5.74) is 2.38. The molecule has 0 spiro atoms. The maximum Gasteiger partial charge on any atom is 0.255 e. The van der Waals surface area contributed by atoms with Crippen molar-refractivity contribution in [2.45, 2.75) is 38.6 Å². The molecule has 5 heteroatoms. The highest BCUT2D eigenvalue weighted by molar-refractivity contribution is 6.07. The summed E-state index contributed by atoms with van der Waals surface area (Å²) in [6.45, 7) is 3.89. The van der Waals surface area contributed by atoms with Gasteiger partial charge >= 0.3 is 0 Å². The molecule has 1 heterocycles. The molecular formula is C17H20FN3O. The minimum atomic E-state index is -0.257. The Bertz CT molecular complexity index is 738. The Hall–Kier alpha value is -2.17. The van der Waals surface area contributed by atoms with Crippen molar-refractivity contribution in [2.24, 2.45) is 0 Å². The third-order valence-electron chi connectivity index (χ3n) is 4.02. The zero-order chi connectivity index (χ0) is 15.9. The van der Waals surface area contributed by atoms with E-state index in [1.165, 1.54) is 12.3 Å². The summed E-state index contributed by atoms with van der Waals surface area (Å²) in [6, 6.07) is 3.52. The van der Waals surface area contributed by atoms with Crippen molar-refractivity contribution in [3.05, 3.63) is 35.3 Å². The molecule has 0 atom stereocenters. The van der Waals surface area contributed by atoms with Crippen LogP contribution in [0.25, 0.3) is 10.9 Å². The van der Waals surface area contributed by atoms with Gasteiger partial charge < -0.3 is 10.6 Å². The quantitative estimate of drug-likeness (QED) is 0.909. The summed E-state index contributed by atoms with van der Waals surface area (Å²) in [4.78, 5) is 16.6. The first-order valence-corrected chi connectivity index (χ1v) is 7.62. The molecule has 1 amide bonds. The standard InChI is InChI=1S/C17H20FN3O/c1-9(2)11-6-12-15(7-14(11)18)20-8-13(16(12)19-3)17(22)21-10-4-5-10/h6-10H,4-5H2,1-3H3,(H,19,20)(H,21,22). The van der Waals surface area contributed by atoms with E-state index in [0.717, 1.165) is 18.2 Å². The second kappa shape index (κ2) is 5.55. The van der Waals surface area contributed by atoms with Crippen LogP contribution in [0.3, 0.4) is 0 Å². The minimum absolute atomic E-state index is 0.0676. The summed E-state index contributed by atoms with van der Waals surface area (Å²) in [7, 11) is 1.76. The molecule has 0 bridgehead atoms. The zero-order valence-electron chi connectivity index (χ0n) is 13.0. The summed E-state index contributed by atoms with van der Waals surface area (Å²) < 4.78 is 14.1. The number of amides is 1. The van der Waals surface area contributed by atoms with Crippen molar-refractivity contribution >= 4 is 22.5 Å². The Morgan fingerprint density at radius 3 is 2.68 bits per heavy atom. The van der Waals surface area contributed by atoms with Crippen molar-refractivity contribution in [3.8, 4) is 0 Å². The number of hydrogen-bond acceptors (Lipinski definition) is 3. The van der Waals surface area contributed by atoms with Crippen LogP contribution in [0.5, 0.6) is 0 Å². The highest BCUT2D eigenvalue weighted by Gasteiger charge is 2.25. The van der Waals surface area contributed by atoms with Crippen LogP contribution in [0.4, 0.5) is 10.1 Å². The van der Waals surface area contributed by atoms with Gasteiger partial charge in [0, 0.05) is 30.7 Å². The number of benzene rings is 1. The average Bonchev–Trinajstić information content (AvgIpc) is 3.28. The molecule has 0 radical (unpaired) electrons. The number of fused-ring (bicyclic) bond motifs is 1. The van der Waals surface area contributed by atoms with Crippen LogP contribution >= 0.6 is 0 Å². The van der Waals surface area contributed by atoms with Gasteiger partial charge in [-0.05, 0) is 30.4 Å². The van der Waals surface area contributed by atoms with Crippen LogP contribution < -0.4 is 10.6 Å². The summed E-state index contributed by atoms with van der Waals surface area (Å²) in [5.74, 6) is -0.318. The molecule has 1 saturated carbocycles. The number of aromatic nitrogens is 1. The van der Waals surface area contributed by atoms with E-state index in [9.17, 15) is 9.18 Å². The fourth-order valence-electron chi connectivity index (χ4n) is 2.61. The molecule has 1 aliphatic carbocycles. The van der Waals surface area contributed by atoms with Gasteiger partial charge in [0.25, 0.3) is 5.91 Å². The molecular weight excluding hydrogens is 281 g/mol. The van der Waals surface area contributed by atoms with Gasteiger partial charge in [-0.15, -0.1) is 0 Å². The lowest BCUT2D eigenvalue weighted by Gasteiger charge is -2.14. The number of carbonyl (C=O) groups excluding carboxylic acids is 1. The van der Waals surface area contributed by atoms with Crippen molar-refractivity contribution in [1.82, 2.24) is 10.3 Å². The van der Waals surface area contributed by atoms with E-state index in [0.29, 0.717) is 22.3 Å². The van der Waals surface area contributed by atoms with Crippen molar-refractivity contribution < 1.29 is 9.18 Å². The maximum atomic E-state index is 14.1. The van der Waals surface area contributed by atoms with Crippen LogP contribution in [0.2, 0.25) is 0 Å². The van der Waals surface area contributed by atoms with Gasteiger partial charge in [-0.25, -0.2) is 4.39 Å². The normalized spacial score (nSPS) is 14.4. The first-order valence-electron chi connectivity index (χ1n) is 7.62. The molecule has 3 rings (SSSR count). The van der Waals surface area contributed by atoms with Gasteiger partial charge in [-0.1, -0.05) is 13.8 Å². The van der Waals surface area contributed by atoms with Crippen molar-refractivity contribution in [2.75, 3.05) is 12.4 Å². The van der Waals surface area contributed by atoms with E-state index in [4.69, 9.17) is 0 Å². The molecule has 1 fully saturated rings. The van der Waals surface area contributed by atoms with E-state index in [2.05, 4.69) is 15.6 Å². The molecule has 2 N–H and O–H groups in total. The Kier molecular flexibility index (Phi) is 3.72. The molecule has 1 aromatic carbocycles. The molecule has 116 valence electrons. The zero-order valence-corrected chi connectivity index (χ0v) is 13.0. The van der Waals surface area contributed by atoms with Gasteiger partial charge in [0.05, 0.1) is 16.8 Å². The summed E-state index contributed by atoms with van der Waals surface area (Å²) >= 11 is 0. The summed E-state index contributed by atoms with van der Waals surface area (Å²) in [6.07, 6.45) is 3.58. The van der Waals surface area contributed by atoms with E-state index in [-0.39, 0.29) is 23.7 Å². The van der Waals surface area contributed by atoms with Crippen molar-refractivity contribution in [3.63, 3.8) is 0 Å². The highest BCUT2D eigenvalue weighted by Crippen LogP contribution is 2.31. The fraction of sp³-hybridized carbons (Fsp3) is 0.412. The average molecular weight is 301 g/mol. The topological polar surface area (TPSA) is 54.0 Å². The van der Waals surface area contributed by atoms with Gasteiger partial charge in [0.2, 0.25) is 0 Å². The molecule has 2 aromatic rings. The van der Waals surface area contributed by atoms with Gasteiger partial charge in [-0.2, -0.15) is 0 Å². The molecule has 0 aliphatic heterocycles. The van der Waals surface area contributed by atoms with E-state index in [1.54, 1.807) is 13.1 Å². The number of carbonyl (C=O) groups is 1. The van der Waals surface area contributed by atoms with Crippen LogP contribution in [-0.4, -0.2) is 24.0 Å². The van der Waals surface area contributed by atoms with E-state index < -0.39 is 0 Å². The number of hydrogen-bond donors (Lipinski definition) is 2. The number of nitrogens with one attached hydrogen (secondary N) is 2. The third kappa shape index (κ3) is 2.63. The van der Waals surface area contributed by atoms with Crippen LogP contribution in [0.1, 0.15) is 48.5 Å². The van der Waals surface area contributed by atoms with E-state index in [1.807, 2.05) is 13.8 Å². The number of nitrogens with zero attached hydrogens (tertiary/aromatic N) is 1. The monoisotopic (exact) mass is 301 g/mol.